The number of guanidine groups is 1. The average molecular weight is 573 g/mol. The van der Waals surface area contributed by atoms with Crippen LogP contribution in [0.1, 0.15) is 42.1 Å². The first-order valence-corrected chi connectivity index (χ1v) is 13.1. The van der Waals surface area contributed by atoms with Crippen molar-refractivity contribution in [3.05, 3.63) is 46.0 Å². The average Bonchev–Trinajstić information content (AvgIpc) is 3.54. The van der Waals surface area contributed by atoms with Crippen molar-refractivity contribution in [1.29, 1.82) is 0 Å². The number of halogens is 2. The molecule has 6 N–H and O–H groups in total. The number of benzene rings is 1. The molecule has 0 radical (unpaired) electrons. The number of anilines is 2. The first-order valence-electron chi connectivity index (χ1n) is 12.3. The van der Waals surface area contributed by atoms with Crippen LogP contribution in [-0.2, 0) is 11.2 Å². The van der Waals surface area contributed by atoms with Gasteiger partial charge in [-0.2, -0.15) is 4.98 Å². The standard InChI is InChI=1S/C24H26Cl2N10O3/c25-14-6-4-13(5-7-14)21-30-15(39-35-21)2-1-3-16(37)36-10-8-24(9-11-36)12-29-23(34-24)33-22(38)17-19(27)32-20(28)18(26)31-17/h4-7H,1-3,8-12H2,(H4,27,28,32)(H2,29,33,34,38). The Morgan fingerprint density at radius 1 is 1.08 bits per heavy atom. The fourth-order valence-corrected chi connectivity index (χ4v) is 4.75. The number of nitrogens with one attached hydrogen (secondary N) is 2. The highest BCUT2D eigenvalue weighted by Gasteiger charge is 2.40. The van der Waals surface area contributed by atoms with Crippen LogP contribution in [0.25, 0.3) is 11.4 Å². The normalized spacial score (nSPS) is 16.2. The van der Waals surface area contributed by atoms with Gasteiger partial charge in [0, 0.05) is 36.5 Å². The molecule has 1 fully saturated rings. The zero-order valence-electron chi connectivity index (χ0n) is 20.8. The molecule has 39 heavy (non-hydrogen) atoms. The van der Waals surface area contributed by atoms with Crippen LogP contribution in [0.3, 0.4) is 0 Å². The Morgan fingerprint density at radius 2 is 1.82 bits per heavy atom. The molecule has 2 amide bonds. The highest BCUT2D eigenvalue weighted by atomic mass is 35.5. The smallest absolute Gasteiger partial charge is 0.280 e. The van der Waals surface area contributed by atoms with Gasteiger partial charge < -0.3 is 26.2 Å². The number of amides is 2. The van der Waals surface area contributed by atoms with E-state index >= 15 is 0 Å². The fourth-order valence-electron chi connectivity index (χ4n) is 4.50. The van der Waals surface area contributed by atoms with E-state index in [4.69, 9.17) is 39.2 Å². The second kappa shape index (κ2) is 11.0. The van der Waals surface area contributed by atoms with Crippen molar-refractivity contribution in [3.63, 3.8) is 0 Å². The molecule has 204 valence electrons. The quantitative estimate of drug-likeness (QED) is 0.340. The number of nitrogens with zero attached hydrogens (tertiary/aromatic N) is 6. The third-order valence-corrected chi connectivity index (χ3v) is 7.23. The summed E-state index contributed by atoms with van der Waals surface area (Å²) in [4.78, 5) is 43.8. The van der Waals surface area contributed by atoms with Crippen LogP contribution >= 0.6 is 23.2 Å². The van der Waals surface area contributed by atoms with Crippen molar-refractivity contribution in [2.45, 2.75) is 37.6 Å². The van der Waals surface area contributed by atoms with Gasteiger partial charge in [0.25, 0.3) is 5.91 Å². The summed E-state index contributed by atoms with van der Waals surface area (Å²) in [5.41, 5.74) is 11.7. The Labute approximate surface area is 233 Å². The van der Waals surface area contributed by atoms with Gasteiger partial charge in [0.2, 0.25) is 17.6 Å². The van der Waals surface area contributed by atoms with Gasteiger partial charge in [0.1, 0.15) is 0 Å². The lowest BCUT2D eigenvalue weighted by Gasteiger charge is -2.39. The first-order chi connectivity index (χ1) is 18.7. The summed E-state index contributed by atoms with van der Waals surface area (Å²) in [5.74, 6) is 0.580. The van der Waals surface area contributed by atoms with Gasteiger partial charge in [-0.3, -0.25) is 19.9 Å². The van der Waals surface area contributed by atoms with Gasteiger partial charge in [0.15, 0.2) is 28.4 Å². The molecule has 3 aromatic rings. The van der Waals surface area contributed by atoms with Crippen LogP contribution in [-0.4, -0.2) is 68.0 Å². The monoisotopic (exact) mass is 572 g/mol. The minimum atomic E-state index is -0.598. The summed E-state index contributed by atoms with van der Waals surface area (Å²) in [6.07, 6.45) is 2.86. The van der Waals surface area contributed by atoms with Gasteiger partial charge in [0.05, 0.1) is 12.1 Å². The molecule has 0 atom stereocenters. The maximum absolute atomic E-state index is 12.8. The summed E-state index contributed by atoms with van der Waals surface area (Å²) in [7, 11) is 0. The second-order valence-corrected chi connectivity index (χ2v) is 10.2. The van der Waals surface area contributed by atoms with E-state index in [0.717, 1.165) is 5.56 Å². The summed E-state index contributed by atoms with van der Waals surface area (Å²) < 4.78 is 5.33. The zero-order chi connectivity index (χ0) is 27.6. The Hall–Kier alpha value is -3.97. The van der Waals surface area contributed by atoms with Crippen LogP contribution < -0.4 is 22.1 Å². The molecule has 0 unspecified atom stereocenters. The number of aromatic nitrogens is 4. The number of nitrogen functional groups attached to an aromatic ring is 2. The van der Waals surface area contributed by atoms with E-state index in [9.17, 15) is 9.59 Å². The van der Waals surface area contributed by atoms with Crippen molar-refractivity contribution in [1.82, 2.24) is 35.6 Å². The number of hydrogen-bond donors (Lipinski definition) is 4. The minimum absolute atomic E-state index is 0.0553. The first kappa shape index (κ1) is 26.6. The molecule has 1 spiro atoms. The number of likely N-dealkylation sites (tertiary alicyclic amines) is 1. The maximum Gasteiger partial charge on any atom is 0.280 e. The fraction of sp³-hybridized carbons (Fsp3) is 0.375. The molecule has 0 aliphatic carbocycles. The molecular weight excluding hydrogens is 547 g/mol. The van der Waals surface area contributed by atoms with E-state index in [1.165, 1.54) is 0 Å². The molecular formula is C24H26Cl2N10O3. The summed E-state index contributed by atoms with van der Waals surface area (Å²) in [6, 6.07) is 7.18. The lowest BCUT2D eigenvalue weighted by molar-refractivity contribution is -0.132. The Morgan fingerprint density at radius 3 is 2.56 bits per heavy atom. The molecule has 2 aliphatic rings. The third-order valence-electron chi connectivity index (χ3n) is 6.70. The van der Waals surface area contributed by atoms with E-state index in [2.05, 4.69) is 35.7 Å². The highest BCUT2D eigenvalue weighted by molar-refractivity contribution is 6.32. The number of hydrogen-bond acceptors (Lipinski definition) is 11. The van der Waals surface area contributed by atoms with Crippen molar-refractivity contribution < 1.29 is 14.1 Å². The summed E-state index contributed by atoms with van der Waals surface area (Å²) in [6.45, 7) is 1.63. The van der Waals surface area contributed by atoms with Crippen molar-refractivity contribution >= 4 is 52.6 Å². The van der Waals surface area contributed by atoms with Gasteiger partial charge in [-0.15, -0.1) is 0 Å². The van der Waals surface area contributed by atoms with Gasteiger partial charge >= 0.3 is 0 Å². The van der Waals surface area contributed by atoms with Crippen LogP contribution in [0.15, 0.2) is 33.8 Å². The number of aliphatic imine (C=N–C) groups is 1. The number of nitrogens with two attached hydrogens (primary N) is 2. The molecule has 0 bridgehead atoms. The van der Waals surface area contributed by atoms with Gasteiger partial charge in [-0.1, -0.05) is 28.4 Å². The predicted molar refractivity (Wildman–Crippen MR) is 145 cm³/mol. The molecule has 2 aliphatic heterocycles. The summed E-state index contributed by atoms with van der Waals surface area (Å²) >= 11 is 11.8. The Kier molecular flexibility index (Phi) is 7.53. The highest BCUT2D eigenvalue weighted by Crippen LogP contribution is 2.27. The van der Waals surface area contributed by atoms with Crippen molar-refractivity contribution in [2.24, 2.45) is 4.99 Å². The number of aryl methyl sites for hydroxylation is 1. The molecule has 0 saturated carbocycles. The molecule has 2 aromatic heterocycles. The largest absolute Gasteiger partial charge is 0.382 e. The molecule has 5 rings (SSSR count). The lowest BCUT2D eigenvalue weighted by Crippen LogP contribution is -2.56. The van der Waals surface area contributed by atoms with Crippen molar-refractivity contribution in [2.75, 3.05) is 31.1 Å². The van der Waals surface area contributed by atoms with E-state index < -0.39 is 5.91 Å². The van der Waals surface area contributed by atoms with Crippen LogP contribution in [0.2, 0.25) is 10.2 Å². The van der Waals surface area contributed by atoms with E-state index in [1.54, 1.807) is 12.1 Å². The number of carbonyl (C=O) groups is 2. The minimum Gasteiger partial charge on any atom is -0.382 e. The number of piperidine rings is 1. The van der Waals surface area contributed by atoms with E-state index in [1.807, 2.05) is 17.0 Å². The van der Waals surface area contributed by atoms with E-state index in [-0.39, 0.29) is 33.9 Å². The van der Waals surface area contributed by atoms with Crippen molar-refractivity contribution in [3.8, 4) is 11.4 Å². The molecule has 15 heteroatoms. The lowest BCUT2D eigenvalue weighted by atomic mass is 9.88. The van der Waals surface area contributed by atoms with E-state index in [0.29, 0.717) is 74.4 Å². The summed E-state index contributed by atoms with van der Waals surface area (Å²) in [5, 5.41) is 10.5. The number of rotatable bonds is 6. The molecule has 13 nitrogen and oxygen atoms in total. The second-order valence-electron chi connectivity index (χ2n) is 9.41. The Bertz CT molecular complexity index is 1420. The van der Waals surface area contributed by atoms with Crippen LogP contribution in [0.5, 0.6) is 0 Å². The molecule has 4 heterocycles. The predicted octanol–water partition coefficient (Wildman–Crippen LogP) is 2.07. The molecule has 1 saturated heterocycles. The third kappa shape index (κ3) is 6.04. The van der Waals surface area contributed by atoms with Crippen LogP contribution in [0.4, 0.5) is 11.6 Å². The zero-order valence-corrected chi connectivity index (χ0v) is 22.3. The van der Waals surface area contributed by atoms with Gasteiger partial charge in [-0.05, 0) is 43.5 Å². The maximum atomic E-state index is 12.8. The van der Waals surface area contributed by atoms with Crippen LogP contribution in [0, 0.1) is 0 Å². The SMILES string of the molecule is Nc1nc(N)c(C(=O)NC2=NCC3(CCN(C(=O)CCCc4nc(-c5ccc(Cl)cc5)no4)CC3)N2)nc1Cl. The molecule has 1 aromatic carbocycles. The Balaban J connectivity index is 1.06. The topological polar surface area (TPSA) is 191 Å². The van der Waals surface area contributed by atoms with Gasteiger partial charge in [-0.25, -0.2) is 9.97 Å². The number of carbonyl (C=O) groups excluding carboxylic acids is 2.